The van der Waals surface area contributed by atoms with Gasteiger partial charge in [-0.25, -0.2) is 0 Å². The molecular formula is C14H21NS. The predicted octanol–water partition coefficient (Wildman–Crippen LogP) is 3.76. The van der Waals surface area contributed by atoms with Crippen LogP contribution in [-0.2, 0) is 13.0 Å². The normalized spacial score (nSPS) is 20.2. The van der Waals surface area contributed by atoms with Crippen LogP contribution in [0.15, 0.2) is 23.6 Å². The van der Waals surface area contributed by atoms with Crippen molar-refractivity contribution in [1.82, 2.24) is 5.32 Å². The van der Waals surface area contributed by atoms with E-state index >= 15 is 0 Å². The van der Waals surface area contributed by atoms with Crippen molar-refractivity contribution in [2.75, 3.05) is 6.54 Å². The molecule has 0 spiro atoms. The Morgan fingerprint density at radius 2 is 2.38 bits per heavy atom. The van der Waals surface area contributed by atoms with Crippen molar-refractivity contribution in [3.63, 3.8) is 0 Å². The van der Waals surface area contributed by atoms with Gasteiger partial charge in [0.2, 0.25) is 0 Å². The highest BCUT2D eigenvalue weighted by Crippen LogP contribution is 2.19. The Kier molecular flexibility index (Phi) is 4.61. The molecule has 1 aromatic rings. The number of allylic oxidation sites excluding steroid dienone is 2. The molecule has 1 aliphatic carbocycles. The molecule has 1 nitrogen and oxygen atoms in total. The third kappa shape index (κ3) is 3.19. The first-order valence-electron chi connectivity index (χ1n) is 6.31. The molecule has 1 aromatic heterocycles. The van der Waals surface area contributed by atoms with E-state index in [2.05, 4.69) is 35.8 Å². The van der Waals surface area contributed by atoms with Gasteiger partial charge in [-0.05, 0) is 55.2 Å². The molecule has 0 aliphatic heterocycles. The van der Waals surface area contributed by atoms with E-state index in [9.17, 15) is 0 Å². The van der Waals surface area contributed by atoms with Crippen LogP contribution in [0.4, 0.5) is 0 Å². The Hall–Kier alpha value is -0.600. The van der Waals surface area contributed by atoms with Crippen molar-refractivity contribution in [2.24, 2.45) is 5.92 Å². The molecule has 0 saturated carbocycles. The van der Waals surface area contributed by atoms with Crippen LogP contribution < -0.4 is 5.32 Å². The van der Waals surface area contributed by atoms with Gasteiger partial charge < -0.3 is 5.32 Å². The van der Waals surface area contributed by atoms with Crippen molar-refractivity contribution in [2.45, 2.75) is 39.2 Å². The van der Waals surface area contributed by atoms with Crippen LogP contribution in [0.1, 0.15) is 36.6 Å². The first-order chi connectivity index (χ1) is 7.90. The average Bonchev–Trinajstić information content (AvgIpc) is 2.78. The maximum Gasteiger partial charge on any atom is 0.0302 e. The summed E-state index contributed by atoms with van der Waals surface area (Å²) in [5, 5.41) is 5.82. The Morgan fingerprint density at radius 3 is 3.12 bits per heavy atom. The first kappa shape index (κ1) is 11.9. The van der Waals surface area contributed by atoms with Crippen molar-refractivity contribution < 1.29 is 0 Å². The van der Waals surface area contributed by atoms with Gasteiger partial charge in [0, 0.05) is 11.4 Å². The van der Waals surface area contributed by atoms with Crippen LogP contribution in [-0.4, -0.2) is 6.54 Å². The molecule has 0 saturated heterocycles. The fraction of sp³-hybridized carbons (Fsp3) is 0.571. The third-order valence-electron chi connectivity index (χ3n) is 3.31. The Labute approximate surface area is 103 Å². The second-order valence-electron chi connectivity index (χ2n) is 4.50. The summed E-state index contributed by atoms with van der Waals surface area (Å²) in [6, 6.07) is 2.25. The van der Waals surface area contributed by atoms with Crippen molar-refractivity contribution in [3.05, 3.63) is 34.0 Å². The minimum atomic E-state index is 0.857. The lowest BCUT2D eigenvalue weighted by Crippen LogP contribution is -2.23. The molecule has 0 amide bonds. The zero-order valence-corrected chi connectivity index (χ0v) is 10.9. The summed E-state index contributed by atoms with van der Waals surface area (Å²) in [5.74, 6) is 0.857. The molecule has 16 heavy (non-hydrogen) atoms. The number of aryl methyl sites for hydroxylation is 1. The van der Waals surface area contributed by atoms with E-state index in [-0.39, 0.29) is 0 Å². The molecule has 2 heteroatoms. The summed E-state index contributed by atoms with van der Waals surface area (Å²) < 4.78 is 0. The van der Waals surface area contributed by atoms with Crippen LogP contribution in [0.3, 0.4) is 0 Å². The van der Waals surface area contributed by atoms with Crippen molar-refractivity contribution in [3.8, 4) is 0 Å². The van der Waals surface area contributed by atoms with Crippen LogP contribution in [0.5, 0.6) is 0 Å². The van der Waals surface area contributed by atoms with E-state index in [1.54, 1.807) is 0 Å². The molecule has 2 rings (SSSR count). The van der Waals surface area contributed by atoms with Gasteiger partial charge in [0.1, 0.15) is 0 Å². The zero-order valence-electron chi connectivity index (χ0n) is 10.0. The fourth-order valence-electron chi connectivity index (χ4n) is 2.27. The van der Waals surface area contributed by atoms with Gasteiger partial charge in [0.25, 0.3) is 0 Å². The Balaban J connectivity index is 1.73. The SMILES string of the molecule is CCc1ccsc1CNCC1CC=CCC1. The molecule has 1 aliphatic rings. The molecule has 88 valence electrons. The van der Waals surface area contributed by atoms with Gasteiger partial charge in [0.15, 0.2) is 0 Å². The predicted molar refractivity (Wildman–Crippen MR) is 71.9 cm³/mol. The number of hydrogen-bond acceptors (Lipinski definition) is 2. The highest BCUT2D eigenvalue weighted by molar-refractivity contribution is 7.10. The second-order valence-corrected chi connectivity index (χ2v) is 5.50. The largest absolute Gasteiger partial charge is 0.312 e. The summed E-state index contributed by atoms with van der Waals surface area (Å²) in [6.07, 6.45) is 9.69. The lowest BCUT2D eigenvalue weighted by atomic mass is 9.94. The van der Waals surface area contributed by atoms with E-state index in [4.69, 9.17) is 0 Å². The number of rotatable bonds is 5. The summed E-state index contributed by atoms with van der Waals surface area (Å²) >= 11 is 1.88. The van der Waals surface area contributed by atoms with Crippen molar-refractivity contribution in [1.29, 1.82) is 0 Å². The summed E-state index contributed by atoms with van der Waals surface area (Å²) in [6.45, 7) is 4.46. The molecule has 0 radical (unpaired) electrons. The summed E-state index contributed by atoms with van der Waals surface area (Å²) in [4.78, 5) is 1.52. The molecule has 1 N–H and O–H groups in total. The van der Waals surface area contributed by atoms with Gasteiger partial charge in [-0.2, -0.15) is 0 Å². The second kappa shape index (κ2) is 6.21. The fourth-order valence-corrected chi connectivity index (χ4v) is 3.21. The van der Waals surface area contributed by atoms with Gasteiger partial charge >= 0.3 is 0 Å². The Bertz CT molecular complexity index is 340. The quantitative estimate of drug-likeness (QED) is 0.766. The summed E-state index contributed by atoms with van der Waals surface area (Å²) in [7, 11) is 0. The molecular weight excluding hydrogens is 214 g/mol. The Morgan fingerprint density at radius 1 is 1.44 bits per heavy atom. The van der Waals surface area contributed by atoms with Gasteiger partial charge in [0.05, 0.1) is 0 Å². The van der Waals surface area contributed by atoms with Crippen LogP contribution in [0.25, 0.3) is 0 Å². The van der Waals surface area contributed by atoms with Crippen molar-refractivity contribution >= 4 is 11.3 Å². The first-order valence-corrected chi connectivity index (χ1v) is 7.19. The zero-order chi connectivity index (χ0) is 11.2. The molecule has 1 unspecified atom stereocenters. The third-order valence-corrected chi connectivity index (χ3v) is 4.28. The summed E-state index contributed by atoms with van der Waals surface area (Å²) in [5.41, 5.74) is 1.51. The number of thiophene rings is 1. The van der Waals surface area contributed by atoms with Gasteiger partial charge in [-0.1, -0.05) is 19.1 Å². The maximum atomic E-state index is 3.61. The topological polar surface area (TPSA) is 12.0 Å². The highest BCUT2D eigenvalue weighted by Gasteiger charge is 2.09. The lowest BCUT2D eigenvalue weighted by molar-refractivity contribution is 0.441. The molecule has 0 bridgehead atoms. The van der Waals surface area contributed by atoms with E-state index in [0.717, 1.165) is 18.9 Å². The minimum Gasteiger partial charge on any atom is -0.312 e. The van der Waals surface area contributed by atoms with E-state index in [1.807, 2.05) is 11.3 Å². The van der Waals surface area contributed by atoms with E-state index in [1.165, 1.54) is 36.2 Å². The van der Waals surface area contributed by atoms with Crippen LogP contribution >= 0.6 is 11.3 Å². The lowest BCUT2D eigenvalue weighted by Gasteiger charge is -2.18. The van der Waals surface area contributed by atoms with Gasteiger partial charge in [-0.3, -0.25) is 0 Å². The highest BCUT2D eigenvalue weighted by atomic mass is 32.1. The maximum absolute atomic E-state index is 3.61. The number of nitrogens with one attached hydrogen (secondary N) is 1. The van der Waals surface area contributed by atoms with E-state index < -0.39 is 0 Å². The van der Waals surface area contributed by atoms with E-state index in [0.29, 0.717) is 0 Å². The minimum absolute atomic E-state index is 0.857. The molecule has 1 heterocycles. The molecule has 1 atom stereocenters. The molecule has 0 fully saturated rings. The monoisotopic (exact) mass is 235 g/mol. The average molecular weight is 235 g/mol. The smallest absolute Gasteiger partial charge is 0.0302 e. The molecule has 0 aromatic carbocycles. The van der Waals surface area contributed by atoms with Crippen LogP contribution in [0, 0.1) is 5.92 Å². The van der Waals surface area contributed by atoms with Gasteiger partial charge in [-0.15, -0.1) is 11.3 Å². The standard InChI is InChI=1S/C14H21NS/c1-2-13-8-9-16-14(13)11-15-10-12-6-4-3-5-7-12/h3-4,8-9,12,15H,2,5-7,10-11H2,1H3. The number of hydrogen-bond donors (Lipinski definition) is 1. The van der Waals surface area contributed by atoms with Crippen LogP contribution in [0.2, 0.25) is 0 Å².